The third-order valence-electron chi connectivity index (χ3n) is 4.02. The summed E-state index contributed by atoms with van der Waals surface area (Å²) < 4.78 is 0. The Kier molecular flexibility index (Phi) is 4.81. The van der Waals surface area contributed by atoms with Gasteiger partial charge in [-0.1, -0.05) is 23.7 Å². The summed E-state index contributed by atoms with van der Waals surface area (Å²) in [7, 11) is 1.94. The highest BCUT2D eigenvalue weighted by Crippen LogP contribution is 2.31. The van der Waals surface area contributed by atoms with E-state index in [0.717, 1.165) is 46.3 Å². The highest BCUT2D eigenvalue weighted by molar-refractivity contribution is 7.17. The van der Waals surface area contributed by atoms with Crippen molar-refractivity contribution < 1.29 is 4.79 Å². The Labute approximate surface area is 139 Å². The quantitative estimate of drug-likeness (QED) is 0.920. The second-order valence-electron chi connectivity index (χ2n) is 5.52. The molecule has 1 N–H and O–H groups in total. The van der Waals surface area contributed by atoms with Crippen molar-refractivity contribution in [3.05, 3.63) is 46.3 Å². The molecule has 0 aliphatic carbocycles. The maximum absolute atomic E-state index is 12.7. The minimum absolute atomic E-state index is 0.156. The summed E-state index contributed by atoms with van der Waals surface area (Å²) in [5, 5.41) is 3.90. The van der Waals surface area contributed by atoms with Crippen LogP contribution in [0.4, 0.5) is 0 Å². The molecule has 1 aromatic heterocycles. The van der Waals surface area contributed by atoms with Crippen molar-refractivity contribution in [3.8, 4) is 10.4 Å². The smallest absolute Gasteiger partial charge is 0.264 e. The molecule has 2 aromatic rings. The van der Waals surface area contributed by atoms with Crippen LogP contribution in [0.5, 0.6) is 0 Å². The van der Waals surface area contributed by atoms with E-state index >= 15 is 0 Å². The zero-order chi connectivity index (χ0) is 15.5. The van der Waals surface area contributed by atoms with Crippen molar-refractivity contribution in [2.24, 2.45) is 0 Å². The van der Waals surface area contributed by atoms with E-state index in [0.29, 0.717) is 6.04 Å². The summed E-state index contributed by atoms with van der Waals surface area (Å²) in [6.07, 6.45) is 2.18. The zero-order valence-electron chi connectivity index (χ0n) is 12.5. The lowest BCUT2D eigenvalue weighted by Crippen LogP contribution is -2.40. The summed E-state index contributed by atoms with van der Waals surface area (Å²) in [5.74, 6) is 0.156. The van der Waals surface area contributed by atoms with Crippen molar-refractivity contribution >= 4 is 28.8 Å². The van der Waals surface area contributed by atoms with Gasteiger partial charge >= 0.3 is 0 Å². The number of hydrogen-bond donors (Lipinski definition) is 1. The van der Waals surface area contributed by atoms with E-state index in [1.807, 2.05) is 48.3 Å². The van der Waals surface area contributed by atoms with Crippen LogP contribution in [0.1, 0.15) is 22.5 Å². The van der Waals surface area contributed by atoms with Crippen molar-refractivity contribution in [2.75, 3.05) is 20.1 Å². The van der Waals surface area contributed by atoms with Crippen LogP contribution in [0.2, 0.25) is 5.02 Å². The van der Waals surface area contributed by atoms with Crippen molar-refractivity contribution in [3.63, 3.8) is 0 Å². The van der Waals surface area contributed by atoms with Gasteiger partial charge in [-0.2, -0.15) is 0 Å². The fourth-order valence-corrected chi connectivity index (χ4v) is 4.01. The molecule has 1 aliphatic heterocycles. The number of hydrogen-bond acceptors (Lipinski definition) is 3. The number of thiophene rings is 1. The Morgan fingerprint density at radius 3 is 2.82 bits per heavy atom. The lowest BCUT2D eigenvalue weighted by Gasteiger charge is -2.23. The van der Waals surface area contributed by atoms with Gasteiger partial charge in [-0.3, -0.25) is 4.79 Å². The molecule has 3 rings (SSSR count). The van der Waals surface area contributed by atoms with Gasteiger partial charge in [-0.05, 0) is 49.7 Å². The van der Waals surface area contributed by atoms with Gasteiger partial charge in [0, 0.05) is 29.0 Å². The number of nitrogens with one attached hydrogen (secondary N) is 1. The lowest BCUT2D eigenvalue weighted by molar-refractivity contribution is 0.0742. The van der Waals surface area contributed by atoms with Gasteiger partial charge in [-0.15, -0.1) is 11.3 Å². The third kappa shape index (κ3) is 3.19. The normalized spacial score (nSPS) is 17.9. The van der Waals surface area contributed by atoms with E-state index in [2.05, 4.69) is 5.32 Å². The Hall–Kier alpha value is -1.36. The van der Waals surface area contributed by atoms with Crippen LogP contribution in [0.15, 0.2) is 36.4 Å². The number of benzene rings is 1. The average molecular weight is 335 g/mol. The van der Waals surface area contributed by atoms with Crippen LogP contribution < -0.4 is 5.32 Å². The first-order valence-electron chi connectivity index (χ1n) is 7.50. The number of likely N-dealkylation sites (N-methyl/N-ethyl adjacent to an activating group) is 1. The van der Waals surface area contributed by atoms with Crippen LogP contribution in [0, 0.1) is 0 Å². The van der Waals surface area contributed by atoms with Crippen molar-refractivity contribution in [2.45, 2.75) is 18.9 Å². The van der Waals surface area contributed by atoms with Gasteiger partial charge in [0.2, 0.25) is 0 Å². The lowest BCUT2D eigenvalue weighted by atomic mass is 10.2. The molecule has 1 saturated heterocycles. The Bertz CT molecular complexity index is 653. The molecular formula is C17H19ClN2OS. The van der Waals surface area contributed by atoms with E-state index in [1.165, 1.54) is 0 Å². The maximum Gasteiger partial charge on any atom is 0.264 e. The summed E-state index contributed by atoms with van der Waals surface area (Å²) in [5.41, 5.74) is 1.10. The Morgan fingerprint density at radius 2 is 2.09 bits per heavy atom. The molecule has 2 heterocycles. The molecule has 0 bridgehead atoms. The number of halogens is 1. The second kappa shape index (κ2) is 6.82. The van der Waals surface area contributed by atoms with Crippen LogP contribution in [0.3, 0.4) is 0 Å². The van der Waals surface area contributed by atoms with E-state index in [-0.39, 0.29) is 5.91 Å². The summed E-state index contributed by atoms with van der Waals surface area (Å²) >= 11 is 7.48. The monoisotopic (exact) mass is 334 g/mol. The predicted octanol–water partition coefficient (Wildman–Crippen LogP) is 3.89. The Morgan fingerprint density at radius 1 is 1.32 bits per heavy atom. The molecule has 0 radical (unpaired) electrons. The van der Waals surface area contributed by atoms with E-state index < -0.39 is 0 Å². The minimum atomic E-state index is 0.156. The van der Waals surface area contributed by atoms with Crippen LogP contribution in [-0.2, 0) is 0 Å². The summed E-state index contributed by atoms with van der Waals surface area (Å²) in [4.78, 5) is 16.6. The largest absolute Gasteiger partial charge is 0.334 e. The zero-order valence-corrected chi connectivity index (χ0v) is 14.1. The van der Waals surface area contributed by atoms with E-state index in [9.17, 15) is 4.79 Å². The van der Waals surface area contributed by atoms with Gasteiger partial charge in [0.05, 0.1) is 4.88 Å². The van der Waals surface area contributed by atoms with Crippen LogP contribution in [-0.4, -0.2) is 37.0 Å². The number of amides is 1. The number of likely N-dealkylation sites (tertiary alicyclic amines) is 1. The molecule has 1 fully saturated rings. The van der Waals surface area contributed by atoms with Crippen molar-refractivity contribution in [1.29, 1.82) is 0 Å². The minimum Gasteiger partial charge on any atom is -0.334 e. The Balaban J connectivity index is 1.78. The van der Waals surface area contributed by atoms with Crippen LogP contribution >= 0.6 is 22.9 Å². The molecule has 1 atom stereocenters. The summed E-state index contributed by atoms with van der Waals surface area (Å²) in [6.45, 7) is 1.72. The highest BCUT2D eigenvalue weighted by Gasteiger charge is 2.29. The predicted molar refractivity (Wildman–Crippen MR) is 92.8 cm³/mol. The highest BCUT2D eigenvalue weighted by atomic mass is 35.5. The maximum atomic E-state index is 12.7. The molecule has 5 heteroatoms. The molecule has 116 valence electrons. The number of rotatable bonds is 4. The molecular weight excluding hydrogens is 316 g/mol. The number of nitrogens with zero attached hydrogens (tertiary/aromatic N) is 1. The third-order valence-corrected chi connectivity index (χ3v) is 5.40. The topological polar surface area (TPSA) is 32.3 Å². The van der Waals surface area contributed by atoms with Crippen LogP contribution in [0.25, 0.3) is 10.4 Å². The second-order valence-corrected chi connectivity index (χ2v) is 7.04. The number of carbonyl (C=O) groups excluding carboxylic acids is 1. The molecule has 22 heavy (non-hydrogen) atoms. The van der Waals surface area contributed by atoms with E-state index in [1.54, 1.807) is 11.3 Å². The van der Waals surface area contributed by atoms with Crippen molar-refractivity contribution in [1.82, 2.24) is 10.2 Å². The first kappa shape index (κ1) is 15.5. The van der Waals surface area contributed by atoms with Gasteiger partial charge in [0.25, 0.3) is 5.91 Å². The molecule has 1 unspecified atom stereocenters. The SMILES string of the molecule is CNCC1CCCN1C(=O)c1ccc(-c2ccc(Cl)cc2)s1. The first-order chi connectivity index (χ1) is 10.7. The average Bonchev–Trinajstić information content (AvgIpc) is 3.17. The van der Waals surface area contributed by atoms with Gasteiger partial charge in [0.1, 0.15) is 0 Å². The summed E-state index contributed by atoms with van der Waals surface area (Å²) in [6, 6.07) is 12.0. The molecule has 1 amide bonds. The molecule has 3 nitrogen and oxygen atoms in total. The molecule has 0 saturated carbocycles. The van der Waals surface area contributed by atoms with E-state index in [4.69, 9.17) is 11.6 Å². The standard InChI is InChI=1S/C17H19ClN2OS/c1-19-11-14-3-2-10-20(14)17(21)16-9-8-15(22-16)12-4-6-13(18)7-5-12/h4-9,14,19H,2-3,10-11H2,1H3. The fourth-order valence-electron chi connectivity index (χ4n) is 2.91. The van der Waals surface area contributed by atoms with Gasteiger partial charge < -0.3 is 10.2 Å². The van der Waals surface area contributed by atoms with Gasteiger partial charge in [-0.25, -0.2) is 0 Å². The molecule has 1 aromatic carbocycles. The molecule has 0 spiro atoms. The number of carbonyl (C=O) groups is 1. The fraction of sp³-hybridized carbons (Fsp3) is 0.353. The molecule has 1 aliphatic rings. The first-order valence-corrected chi connectivity index (χ1v) is 8.70. The van der Waals surface area contributed by atoms with Gasteiger partial charge in [0.15, 0.2) is 0 Å².